The van der Waals surface area contributed by atoms with E-state index in [-0.39, 0.29) is 23.1 Å². The average molecular weight is 294 g/mol. The minimum atomic E-state index is -0.590. The normalized spacial score (nSPS) is 32.2. The zero-order chi connectivity index (χ0) is 15.1. The number of thiol groups is 1. The Kier molecular flexibility index (Phi) is 3.54. The average Bonchev–Trinajstić information content (AvgIpc) is 2.46. The molecular formula is C14H18N2O3S. The minimum Gasteiger partial charge on any atom is -0.349 e. The lowest BCUT2D eigenvalue weighted by Crippen LogP contribution is -2.35. The maximum Gasteiger partial charge on any atom is 0.269 e. The number of rotatable bonds is 2. The SMILES string of the molecule is CC1(S)C=CC([N+](=O)[O-])=CC(C2NC(=O)CC2(C)C)=C1. The van der Waals surface area contributed by atoms with Crippen molar-refractivity contribution >= 4 is 18.5 Å². The molecule has 0 aromatic carbocycles. The van der Waals surface area contributed by atoms with Gasteiger partial charge in [0.25, 0.3) is 5.70 Å². The molecule has 20 heavy (non-hydrogen) atoms. The summed E-state index contributed by atoms with van der Waals surface area (Å²) < 4.78 is -0.590. The van der Waals surface area contributed by atoms with Gasteiger partial charge < -0.3 is 5.32 Å². The number of nitro groups is 1. The molecule has 6 heteroatoms. The fraction of sp³-hybridized carbons (Fsp3) is 0.500. The van der Waals surface area contributed by atoms with E-state index in [0.29, 0.717) is 6.42 Å². The lowest BCUT2D eigenvalue weighted by Gasteiger charge is -2.27. The van der Waals surface area contributed by atoms with Gasteiger partial charge in [-0.3, -0.25) is 14.9 Å². The molecule has 1 aliphatic carbocycles. The Hall–Kier alpha value is -1.56. The van der Waals surface area contributed by atoms with Crippen LogP contribution in [-0.4, -0.2) is 21.6 Å². The molecule has 0 aromatic heterocycles. The zero-order valence-corrected chi connectivity index (χ0v) is 12.6. The van der Waals surface area contributed by atoms with Crippen molar-refractivity contribution in [2.45, 2.75) is 38.0 Å². The van der Waals surface area contributed by atoms with E-state index in [1.165, 1.54) is 12.2 Å². The van der Waals surface area contributed by atoms with Gasteiger partial charge in [-0.2, -0.15) is 12.6 Å². The molecular weight excluding hydrogens is 276 g/mol. The molecule has 1 fully saturated rings. The van der Waals surface area contributed by atoms with Crippen molar-refractivity contribution in [3.8, 4) is 0 Å². The summed E-state index contributed by atoms with van der Waals surface area (Å²) in [6, 6.07) is -0.240. The highest BCUT2D eigenvalue weighted by molar-refractivity contribution is 7.82. The van der Waals surface area contributed by atoms with Crippen LogP contribution in [-0.2, 0) is 4.79 Å². The molecule has 0 spiro atoms. The fourth-order valence-electron chi connectivity index (χ4n) is 2.64. The number of hydrogen-bond acceptors (Lipinski definition) is 4. The third-order valence-electron chi connectivity index (χ3n) is 3.61. The van der Waals surface area contributed by atoms with E-state index in [1.807, 2.05) is 26.8 Å². The molecule has 1 aliphatic heterocycles. The first kappa shape index (κ1) is 14.8. The third kappa shape index (κ3) is 2.95. The molecule has 5 nitrogen and oxygen atoms in total. The highest BCUT2D eigenvalue weighted by Gasteiger charge is 2.42. The molecule has 2 atom stereocenters. The highest BCUT2D eigenvalue weighted by Crippen LogP contribution is 2.37. The van der Waals surface area contributed by atoms with Crippen LogP contribution in [0.2, 0.25) is 0 Å². The largest absolute Gasteiger partial charge is 0.349 e. The summed E-state index contributed by atoms with van der Waals surface area (Å²) in [6.07, 6.45) is 6.94. The van der Waals surface area contributed by atoms with Gasteiger partial charge in [-0.25, -0.2) is 0 Å². The summed E-state index contributed by atoms with van der Waals surface area (Å²) in [5.41, 5.74) is 0.455. The molecule has 2 aliphatic rings. The van der Waals surface area contributed by atoms with Gasteiger partial charge in [0.1, 0.15) is 0 Å². The standard InChI is InChI=1S/C14H18N2O3S/c1-13(2)8-11(17)15-12(13)9-6-10(16(18)19)4-5-14(3,20)7-9/h4-7,12,20H,8H2,1-3H3,(H,15,17). The smallest absolute Gasteiger partial charge is 0.269 e. The first-order valence-corrected chi connectivity index (χ1v) is 6.85. The van der Waals surface area contributed by atoms with Crippen LogP contribution in [0.5, 0.6) is 0 Å². The second kappa shape index (κ2) is 4.77. The second-order valence-corrected chi connectivity index (χ2v) is 7.16. The van der Waals surface area contributed by atoms with E-state index >= 15 is 0 Å². The van der Waals surface area contributed by atoms with Gasteiger partial charge in [0.05, 0.1) is 11.0 Å². The van der Waals surface area contributed by atoms with Crippen LogP contribution in [0.15, 0.2) is 35.6 Å². The van der Waals surface area contributed by atoms with Crippen LogP contribution >= 0.6 is 12.6 Å². The molecule has 108 valence electrons. The maximum atomic E-state index is 11.6. The van der Waals surface area contributed by atoms with Crippen molar-refractivity contribution in [1.29, 1.82) is 0 Å². The number of carbonyl (C=O) groups is 1. The predicted molar refractivity (Wildman–Crippen MR) is 80.0 cm³/mol. The second-order valence-electron chi connectivity index (χ2n) is 6.20. The zero-order valence-electron chi connectivity index (χ0n) is 11.7. The summed E-state index contributed by atoms with van der Waals surface area (Å²) in [4.78, 5) is 22.3. The van der Waals surface area contributed by atoms with E-state index < -0.39 is 9.67 Å². The lowest BCUT2D eigenvalue weighted by atomic mass is 9.80. The van der Waals surface area contributed by atoms with E-state index in [1.54, 1.807) is 6.08 Å². The fourth-order valence-corrected chi connectivity index (χ4v) is 2.86. The molecule has 0 saturated carbocycles. The van der Waals surface area contributed by atoms with Crippen LogP contribution in [0.3, 0.4) is 0 Å². The van der Waals surface area contributed by atoms with Gasteiger partial charge in [0.2, 0.25) is 5.91 Å². The van der Waals surface area contributed by atoms with Crippen LogP contribution < -0.4 is 5.32 Å². The van der Waals surface area contributed by atoms with Gasteiger partial charge in [0, 0.05) is 23.3 Å². The number of nitrogens with zero attached hydrogens (tertiary/aromatic N) is 1. The first-order chi connectivity index (χ1) is 9.11. The van der Waals surface area contributed by atoms with Gasteiger partial charge in [-0.1, -0.05) is 26.0 Å². The van der Waals surface area contributed by atoms with Gasteiger partial charge in [-0.15, -0.1) is 0 Å². The Morgan fingerprint density at radius 1 is 1.45 bits per heavy atom. The van der Waals surface area contributed by atoms with E-state index in [0.717, 1.165) is 5.57 Å². The summed E-state index contributed by atoms with van der Waals surface area (Å²) in [6.45, 7) is 5.81. The summed E-state index contributed by atoms with van der Waals surface area (Å²) in [7, 11) is 0. The van der Waals surface area contributed by atoms with Crippen LogP contribution in [0.4, 0.5) is 0 Å². The molecule has 2 unspecified atom stereocenters. The number of nitrogens with one attached hydrogen (secondary N) is 1. The molecule has 1 N–H and O–H groups in total. The summed E-state index contributed by atoms with van der Waals surface area (Å²) in [5, 5.41) is 14.0. The van der Waals surface area contributed by atoms with Crippen molar-refractivity contribution in [3.05, 3.63) is 45.7 Å². The van der Waals surface area contributed by atoms with Crippen LogP contribution in [0, 0.1) is 15.5 Å². The predicted octanol–water partition coefficient (Wildman–Crippen LogP) is 2.25. The molecule has 1 amide bonds. The summed E-state index contributed by atoms with van der Waals surface area (Å²) in [5.74, 6) is -0.0324. The Bertz CT molecular complexity index is 559. The van der Waals surface area contributed by atoms with E-state index in [4.69, 9.17) is 0 Å². The molecule has 0 radical (unpaired) electrons. The maximum absolute atomic E-state index is 11.6. The third-order valence-corrected chi connectivity index (χ3v) is 3.89. The number of amides is 1. The van der Waals surface area contributed by atoms with Crippen molar-refractivity contribution in [1.82, 2.24) is 5.32 Å². The van der Waals surface area contributed by atoms with Gasteiger partial charge in [-0.05, 0) is 17.9 Å². The molecule has 0 bridgehead atoms. The highest BCUT2D eigenvalue weighted by atomic mass is 32.1. The molecule has 0 aromatic rings. The molecule has 1 saturated heterocycles. The minimum absolute atomic E-state index is 0.00553. The Morgan fingerprint density at radius 3 is 2.60 bits per heavy atom. The molecule has 2 rings (SSSR count). The van der Waals surface area contributed by atoms with E-state index in [2.05, 4.69) is 17.9 Å². The molecule has 1 heterocycles. The number of carbonyl (C=O) groups excluding carboxylic acids is 1. The number of allylic oxidation sites excluding steroid dienone is 1. The monoisotopic (exact) mass is 294 g/mol. The van der Waals surface area contributed by atoms with Crippen molar-refractivity contribution < 1.29 is 9.72 Å². The van der Waals surface area contributed by atoms with Crippen molar-refractivity contribution in [2.75, 3.05) is 0 Å². The van der Waals surface area contributed by atoms with Crippen molar-refractivity contribution in [3.63, 3.8) is 0 Å². The van der Waals surface area contributed by atoms with E-state index in [9.17, 15) is 14.9 Å². The van der Waals surface area contributed by atoms with Gasteiger partial charge >= 0.3 is 0 Å². The first-order valence-electron chi connectivity index (χ1n) is 6.41. The van der Waals surface area contributed by atoms with Crippen LogP contribution in [0.1, 0.15) is 27.2 Å². The van der Waals surface area contributed by atoms with Crippen molar-refractivity contribution in [2.24, 2.45) is 5.41 Å². The topological polar surface area (TPSA) is 72.2 Å². The summed E-state index contributed by atoms with van der Waals surface area (Å²) >= 11 is 4.50. The Morgan fingerprint density at radius 2 is 2.10 bits per heavy atom. The van der Waals surface area contributed by atoms with Crippen LogP contribution in [0.25, 0.3) is 0 Å². The quantitative estimate of drug-likeness (QED) is 0.466. The Labute approximate surface area is 123 Å². The number of hydrogen-bond donors (Lipinski definition) is 2. The van der Waals surface area contributed by atoms with Gasteiger partial charge in [0.15, 0.2) is 0 Å². The lowest BCUT2D eigenvalue weighted by molar-refractivity contribution is -0.419. The Balaban J connectivity index is 2.47.